The van der Waals surface area contributed by atoms with E-state index in [9.17, 15) is 9.59 Å². The lowest BCUT2D eigenvalue weighted by molar-refractivity contribution is -0.126. The molecular formula is C26H25ClN6O3. The number of nitrogens with one attached hydrogen (secondary N) is 1. The maximum absolute atomic E-state index is 13.2. The molecule has 1 fully saturated rings. The molecule has 2 aliphatic rings. The number of nitrogens with zero attached hydrogens (tertiary/aromatic N) is 5. The van der Waals surface area contributed by atoms with Crippen LogP contribution in [-0.2, 0) is 11.3 Å². The summed E-state index contributed by atoms with van der Waals surface area (Å²) in [5.41, 5.74) is 4.87. The van der Waals surface area contributed by atoms with Gasteiger partial charge in [-0.05, 0) is 37.6 Å². The number of carbonyl (C=O) groups is 1. The molecule has 0 bridgehead atoms. The Labute approximate surface area is 211 Å². The van der Waals surface area contributed by atoms with Gasteiger partial charge >= 0.3 is 5.69 Å². The van der Waals surface area contributed by atoms with Crippen LogP contribution in [0, 0.1) is 13.8 Å². The second-order valence-corrected chi connectivity index (χ2v) is 9.60. The number of aromatic amines is 1. The van der Waals surface area contributed by atoms with Gasteiger partial charge in [0, 0.05) is 53.8 Å². The first kappa shape index (κ1) is 22.6. The summed E-state index contributed by atoms with van der Waals surface area (Å²) in [7, 11) is 0. The van der Waals surface area contributed by atoms with Crippen LogP contribution in [-0.4, -0.2) is 63.3 Å². The van der Waals surface area contributed by atoms with E-state index >= 15 is 0 Å². The van der Waals surface area contributed by atoms with Gasteiger partial charge in [-0.1, -0.05) is 24.2 Å². The third-order valence-electron chi connectivity index (χ3n) is 7.14. The van der Waals surface area contributed by atoms with Crippen LogP contribution in [0.3, 0.4) is 0 Å². The van der Waals surface area contributed by atoms with Gasteiger partial charge in [-0.15, -0.1) is 0 Å². The normalized spacial score (nSPS) is 15.4. The van der Waals surface area contributed by atoms with Crippen LogP contribution < -0.4 is 15.3 Å². The lowest BCUT2D eigenvalue weighted by Gasteiger charge is -2.36. The number of aryl methyl sites for hydroxylation is 2. The highest BCUT2D eigenvalue weighted by Gasteiger charge is 2.30. The number of rotatable bonds is 3. The van der Waals surface area contributed by atoms with Crippen molar-refractivity contribution in [3.63, 3.8) is 0 Å². The monoisotopic (exact) mass is 504 g/mol. The first-order valence-corrected chi connectivity index (χ1v) is 12.3. The van der Waals surface area contributed by atoms with Gasteiger partial charge in [0.05, 0.1) is 22.6 Å². The molecule has 36 heavy (non-hydrogen) atoms. The Morgan fingerprint density at radius 3 is 2.69 bits per heavy atom. The Hall–Kier alpha value is -3.85. The summed E-state index contributed by atoms with van der Waals surface area (Å²) in [6.07, 6.45) is 1.33. The average molecular weight is 505 g/mol. The van der Waals surface area contributed by atoms with E-state index < -0.39 is 0 Å². The Morgan fingerprint density at radius 2 is 1.94 bits per heavy atom. The van der Waals surface area contributed by atoms with E-state index in [4.69, 9.17) is 16.3 Å². The van der Waals surface area contributed by atoms with Crippen molar-refractivity contribution in [2.24, 2.45) is 0 Å². The molecule has 1 N–H and O–H groups in total. The number of benzene rings is 2. The number of aromatic nitrogens is 4. The van der Waals surface area contributed by atoms with Crippen molar-refractivity contribution in [1.29, 1.82) is 0 Å². The molecule has 2 aromatic carbocycles. The Morgan fingerprint density at radius 1 is 1.17 bits per heavy atom. The predicted octanol–water partition coefficient (Wildman–Crippen LogP) is 3.44. The van der Waals surface area contributed by atoms with Gasteiger partial charge in [0.25, 0.3) is 0 Å². The number of piperazine rings is 1. The molecule has 2 aliphatic heterocycles. The van der Waals surface area contributed by atoms with Gasteiger partial charge in [0.2, 0.25) is 5.91 Å². The van der Waals surface area contributed by atoms with Crippen LogP contribution in [0.4, 0.5) is 5.82 Å². The highest BCUT2D eigenvalue weighted by molar-refractivity contribution is 6.35. The number of fused-ring (bicyclic) bond motifs is 1. The van der Waals surface area contributed by atoms with Crippen molar-refractivity contribution < 1.29 is 9.53 Å². The number of carbonyl (C=O) groups excluding carboxylic acids is 1. The molecule has 0 atom stereocenters. The van der Waals surface area contributed by atoms with E-state index in [2.05, 4.69) is 21.8 Å². The molecule has 1 saturated heterocycles. The van der Waals surface area contributed by atoms with Crippen LogP contribution in [0.15, 0.2) is 35.6 Å². The summed E-state index contributed by atoms with van der Waals surface area (Å²) in [5, 5.41) is 9.75. The molecule has 0 aliphatic carbocycles. The van der Waals surface area contributed by atoms with Gasteiger partial charge < -0.3 is 14.5 Å². The molecule has 4 heterocycles. The minimum Gasteiger partial charge on any atom is -0.489 e. The number of halogens is 1. The fourth-order valence-electron chi connectivity index (χ4n) is 5.38. The highest BCUT2D eigenvalue weighted by atomic mass is 35.5. The standard InChI is InChI=1S/C26H25ClN6O3/c1-4-19(34)31-7-9-32(10-8-31)25-16-13-17(27)22(24-23(16)33(11-12-36-24)26(35)28-25)20-14(2)5-6-18-21(20)15(3)29-30-18/h4-6,13H,1,7-12H2,2-3H3,(H,29,30). The summed E-state index contributed by atoms with van der Waals surface area (Å²) < 4.78 is 7.93. The van der Waals surface area contributed by atoms with Crippen molar-refractivity contribution in [1.82, 2.24) is 24.6 Å². The van der Waals surface area contributed by atoms with Crippen molar-refractivity contribution in [3.8, 4) is 16.9 Å². The lowest BCUT2D eigenvalue weighted by atomic mass is 9.93. The van der Waals surface area contributed by atoms with E-state index in [-0.39, 0.29) is 11.6 Å². The molecule has 1 amide bonds. The number of hydrogen-bond donors (Lipinski definition) is 1. The molecule has 2 aromatic heterocycles. The summed E-state index contributed by atoms with van der Waals surface area (Å²) in [6, 6.07) is 5.88. The molecule has 9 nitrogen and oxygen atoms in total. The molecule has 6 rings (SSSR count). The van der Waals surface area contributed by atoms with E-state index in [0.29, 0.717) is 61.4 Å². The minimum atomic E-state index is -0.325. The molecular weight excluding hydrogens is 480 g/mol. The Balaban J connectivity index is 1.58. The summed E-state index contributed by atoms with van der Waals surface area (Å²) in [6.45, 7) is 10.5. The molecule has 0 radical (unpaired) electrons. The first-order valence-electron chi connectivity index (χ1n) is 11.9. The smallest absolute Gasteiger partial charge is 0.350 e. The lowest BCUT2D eigenvalue weighted by Crippen LogP contribution is -2.49. The zero-order valence-corrected chi connectivity index (χ0v) is 20.9. The van der Waals surface area contributed by atoms with Crippen LogP contribution in [0.5, 0.6) is 5.75 Å². The maximum Gasteiger partial charge on any atom is 0.350 e. The highest BCUT2D eigenvalue weighted by Crippen LogP contribution is 2.48. The van der Waals surface area contributed by atoms with Crippen molar-refractivity contribution in [2.45, 2.75) is 20.4 Å². The third kappa shape index (κ3) is 3.30. The van der Waals surface area contributed by atoms with Crippen LogP contribution in [0.1, 0.15) is 11.3 Å². The minimum absolute atomic E-state index is 0.0975. The van der Waals surface area contributed by atoms with Crippen LogP contribution in [0.25, 0.3) is 32.9 Å². The predicted molar refractivity (Wildman–Crippen MR) is 140 cm³/mol. The number of H-pyrrole nitrogens is 1. The topological polar surface area (TPSA) is 96.4 Å². The van der Waals surface area contributed by atoms with Crippen molar-refractivity contribution >= 4 is 45.1 Å². The molecule has 0 spiro atoms. The largest absolute Gasteiger partial charge is 0.489 e. The summed E-state index contributed by atoms with van der Waals surface area (Å²) in [4.78, 5) is 33.5. The number of ether oxygens (including phenoxy) is 1. The van der Waals surface area contributed by atoms with Crippen molar-refractivity contribution in [3.05, 3.63) is 57.6 Å². The molecule has 0 saturated carbocycles. The van der Waals surface area contributed by atoms with Crippen LogP contribution >= 0.6 is 11.6 Å². The fraction of sp³-hybridized carbons (Fsp3) is 0.308. The van der Waals surface area contributed by atoms with Gasteiger partial charge in [0.1, 0.15) is 12.4 Å². The van der Waals surface area contributed by atoms with Gasteiger partial charge in [-0.2, -0.15) is 10.1 Å². The summed E-state index contributed by atoms with van der Waals surface area (Å²) in [5.74, 6) is 1.05. The fourth-order valence-corrected chi connectivity index (χ4v) is 5.67. The SMILES string of the molecule is C=CC(=O)N1CCN(c2nc(=O)n3c4c(c(-c5c(C)ccc6n[nH]c(C)c56)c(Cl)cc24)OCC3)CC1. The zero-order valence-electron chi connectivity index (χ0n) is 20.1. The second-order valence-electron chi connectivity index (χ2n) is 9.19. The summed E-state index contributed by atoms with van der Waals surface area (Å²) >= 11 is 7.02. The zero-order chi connectivity index (χ0) is 25.1. The number of anilines is 1. The number of hydrogen-bond acceptors (Lipinski definition) is 6. The second kappa shape index (κ2) is 8.37. The molecule has 4 aromatic rings. The van der Waals surface area contributed by atoms with Gasteiger partial charge in [0.15, 0.2) is 5.75 Å². The maximum atomic E-state index is 13.2. The molecule has 0 unspecified atom stereocenters. The van der Waals surface area contributed by atoms with E-state index in [1.165, 1.54) is 6.08 Å². The molecule has 184 valence electrons. The Kier molecular flexibility index (Phi) is 5.26. The quantitative estimate of drug-likeness (QED) is 0.429. The van der Waals surface area contributed by atoms with Crippen LogP contribution in [0.2, 0.25) is 5.02 Å². The van der Waals surface area contributed by atoms with Crippen molar-refractivity contribution in [2.75, 3.05) is 37.7 Å². The average Bonchev–Trinajstić information content (AvgIpc) is 3.27. The third-order valence-corrected chi connectivity index (χ3v) is 7.44. The number of amides is 1. The van der Waals surface area contributed by atoms with Gasteiger partial charge in [-0.25, -0.2) is 4.79 Å². The molecule has 10 heteroatoms. The van der Waals surface area contributed by atoms with E-state index in [1.54, 1.807) is 9.47 Å². The Bertz CT molecular complexity index is 1630. The van der Waals surface area contributed by atoms with Gasteiger partial charge in [-0.3, -0.25) is 14.5 Å². The van der Waals surface area contributed by atoms with E-state index in [0.717, 1.165) is 38.7 Å². The van der Waals surface area contributed by atoms with E-state index in [1.807, 2.05) is 36.9 Å². The first-order chi connectivity index (χ1) is 17.4.